The number of hydrogen-bond acceptors (Lipinski definition) is 3. The van der Waals surface area contributed by atoms with Gasteiger partial charge in [0.05, 0.1) is 6.04 Å². The number of piperazine rings is 1. The number of nitrogens with two attached hydrogens (primary N) is 1. The average molecular weight is 376 g/mol. The second-order valence-corrected chi connectivity index (χ2v) is 7.12. The van der Waals surface area contributed by atoms with E-state index in [1.54, 1.807) is 12.1 Å². The first kappa shape index (κ1) is 18.7. The van der Waals surface area contributed by atoms with Gasteiger partial charge in [0.2, 0.25) is 5.91 Å². The molecule has 6 heteroatoms. The average Bonchev–Trinajstić information content (AvgIpc) is 2.65. The Hall–Kier alpha value is -2.11. The second kappa shape index (κ2) is 8.06. The first-order valence-corrected chi connectivity index (χ1v) is 9.12. The fourth-order valence-electron chi connectivity index (χ4n) is 3.29. The third-order valence-corrected chi connectivity index (χ3v) is 5.02. The standard InChI is InChI=1S/C20H23ClFN3O/c1-14-2-5-16(21)13-19(14)24-8-10-25(11-9-24)20(26)18(23)12-15-3-6-17(22)7-4-15/h2-7,13,18H,8-12,23H2,1H3. The number of benzene rings is 2. The molecule has 1 atom stereocenters. The Morgan fingerprint density at radius 2 is 1.81 bits per heavy atom. The van der Waals surface area contributed by atoms with Crippen molar-refractivity contribution >= 4 is 23.2 Å². The van der Waals surface area contributed by atoms with E-state index in [1.807, 2.05) is 23.1 Å². The lowest BCUT2D eigenvalue weighted by Crippen LogP contribution is -2.53. The number of hydrogen-bond donors (Lipinski definition) is 1. The summed E-state index contributed by atoms with van der Waals surface area (Å²) in [5.74, 6) is -0.349. The van der Waals surface area contributed by atoms with E-state index in [-0.39, 0.29) is 11.7 Å². The van der Waals surface area contributed by atoms with Crippen LogP contribution >= 0.6 is 11.6 Å². The van der Waals surface area contributed by atoms with Gasteiger partial charge in [0, 0.05) is 36.9 Å². The molecule has 138 valence electrons. The minimum Gasteiger partial charge on any atom is -0.368 e. The predicted molar refractivity (Wildman–Crippen MR) is 103 cm³/mol. The number of halogens is 2. The van der Waals surface area contributed by atoms with Crippen LogP contribution in [0.25, 0.3) is 0 Å². The van der Waals surface area contributed by atoms with E-state index in [9.17, 15) is 9.18 Å². The van der Waals surface area contributed by atoms with E-state index in [0.29, 0.717) is 24.5 Å². The van der Waals surface area contributed by atoms with Gasteiger partial charge in [-0.2, -0.15) is 0 Å². The molecule has 1 heterocycles. The Morgan fingerprint density at radius 3 is 2.46 bits per heavy atom. The molecule has 0 aliphatic carbocycles. The third-order valence-electron chi connectivity index (χ3n) is 4.79. The van der Waals surface area contributed by atoms with Crippen LogP contribution in [0, 0.1) is 12.7 Å². The maximum Gasteiger partial charge on any atom is 0.239 e. The lowest BCUT2D eigenvalue weighted by Gasteiger charge is -2.37. The number of aryl methyl sites for hydroxylation is 1. The molecule has 0 saturated carbocycles. The van der Waals surface area contributed by atoms with Gasteiger partial charge in [-0.1, -0.05) is 29.8 Å². The number of anilines is 1. The van der Waals surface area contributed by atoms with Crippen LogP contribution < -0.4 is 10.6 Å². The fourth-order valence-corrected chi connectivity index (χ4v) is 3.45. The molecule has 1 unspecified atom stereocenters. The van der Waals surface area contributed by atoms with E-state index >= 15 is 0 Å². The van der Waals surface area contributed by atoms with Gasteiger partial charge >= 0.3 is 0 Å². The number of carbonyl (C=O) groups is 1. The van der Waals surface area contributed by atoms with Crippen molar-refractivity contribution < 1.29 is 9.18 Å². The monoisotopic (exact) mass is 375 g/mol. The highest BCUT2D eigenvalue weighted by Gasteiger charge is 2.26. The predicted octanol–water partition coefficient (Wildman–Crippen LogP) is 3.01. The van der Waals surface area contributed by atoms with Crippen molar-refractivity contribution in [2.24, 2.45) is 5.73 Å². The molecule has 1 fully saturated rings. The lowest BCUT2D eigenvalue weighted by molar-refractivity contribution is -0.132. The molecule has 2 aromatic carbocycles. The molecular weight excluding hydrogens is 353 g/mol. The van der Waals surface area contributed by atoms with Crippen molar-refractivity contribution in [1.29, 1.82) is 0 Å². The smallest absolute Gasteiger partial charge is 0.239 e. The van der Waals surface area contributed by atoms with E-state index in [4.69, 9.17) is 17.3 Å². The van der Waals surface area contributed by atoms with Crippen LogP contribution in [0.15, 0.2) is 42.5 Å². The van der Waals surface area contributed by atoms with Crippen molar-refractivity contribution in [2.75, 3.05) is 31.1 Å². The SMILES string of the molecule is Cc1ccc(Cl)cc1N1CCN(C(=O)C(N)Cc2ccc(F)cc2)CC1. The summed E-state index contributed by atoms with van der Waals surface area (Å²) in [6.45, 7) is 4.80. The normalized spacial score (nSPS) is 15.8. The summed E-state index contributed by atoms with van der Waals surface area (Å²) in [6.07, 6.45) is 0.409. The molecule has 2 N–H and O–H groups in total. The summed E-state index contributed by atoms with van der Waals surface area (Å²) in [5.41, 5.74) is 9.23. The van der Waals surface area contributed by atoms with Gasteiger partial charge in [0.15, 0.2) is 0 Å². The highest BCUT2D eigenvalue weighted by molar-refractivity contribution is 6.30. The first-order chi connectivity index (χ1) is 12.4. The molecule has 0 aromatic heterocycles. The van der Waals surface area contributed by atoms with Crippen molar-refractivity contribution in [1.82, 2.24) is 4.90 Å². The van der Waals surface area contributed by atoms with Crippen LogP contribution in [0.2, 0.25) is 5.02 Å². The number of nitrogens with zero attached hydrogens (tertiary/aromatic N) is 2. The molecular formula is C20H23ClFN3O. The van der Waals surface area contributed by atoms with Gasteiger partial charge in [-0.25, -0.2) is 4.39 Å². The Kier molecular flexibility index (Phi) is 5.79. The van der Waals surface area contributed by atoms with Crippen molar-refractivity contribution in [2.45, 2.75) is 19.4 Å². The van der Waals surface area contributed by atoms with Crippen LogP contribution in [0.4, 0.5) is 10.1 Å². The summed E-state index contributed by atoms with van der Waals surface area (Å²) in [6, 6.07) is 11.4. The van der Waals surface area contributed by atoms with Crippen LogP contribution in [-0.4, -0.2) is 43.0 Å². The molecule has 1 aliphatic heterocycles. The van der Waals surface area contributed by atoms with Crippen LogP contribution in [0.3, 0.4) is 0 Å². The second-order valence-electron chi connectivity index (χ2n) is 6.68. The van der Waals surface area contributed by atoms with Gasteiger partial charge < -0.3 is 15.5 Å². The molecule has 26 heavy (non-hydrogen) atoms. The lowest BCUT2D eigenvalue weighted by atomic mass is 10.0. The zero-order chi connectivity index (χ0) is 18.7. The topological polar surface area (TPSA) is 49.6 Å². The number of carbonyl (C=O) groups excluding carboxylic acids is 1. The van der Waals surface area contributed by atoms with E-state index < -0.39 is 6.04 Å². The Balaban J connectivity index is 1.57. The Morgan fingerprint density at radius 1 is 1.15 bits per heavy atom. The summed E-state index contributed by atoms with van der Waals surface area (Å²) in [5, 5.41) is 0.713. The summed E-state index contributed by atoms with van der Waals surface area (Å²) in [4.78, 5) is 16.7. The quantitative estimate of drug-likeness (QED) is 0.893. The zero-order valence-electron chi connectivity index (χ0n) is 14.8. The van der Waals surface area contributed by atoms with Crippen molar-refractivity contribution in [3.05, 3.63) is 64.4 Å². The van der Waals surface area contributed by atoms with Crippen molar-refractivity contribution in [3.63, 3.8) is 0 Å². The van der Waals surface area contributed by atoms with Crippen molar-refractivity contribution in [3.8, 4) is 0 Å². The Bertz CT molecular complexity index is 773. The summed E-state index contributed by atoms with van der Waals surface area (Å²) < 4.78 is 13.0. The molecule has 0 radical (unpaired) electrons. The molecule has 4 nitrogen and oxygen atoms in total. The fraction of sp³-hybridized carbons (Fsp3) is 0.350. The maximum absolute atomic E-state index is 13.0. The van der Waals surface area contributed by atoms with Gasteiger partial charge in [0.25, 0.3) is 0 Å². The third kappa shape index (κ3) is 4.34. The highest BCUT2D eigenvalue weighted by Crippen LogP contribution is 2.25. The molecule has 1 amide bonds. The summed E-state index contributed by atoms with van der Waals surface area (Å²) >= 11 is 6.11. The van der Waals surface area contributed by atoms with Crippen LogP contribution in [0.5, 0.6) is 0 Å². The molecule has 2 aromatic rings. The van der Waals surface area contributed by atoms with Crippen LogP contribution in [0.1, 0.15) is 11.1 Å². The number of amides is 1. The van der Waals surface area contributed by atoms with E-state index in [0.717, 1.165) is 24.3 Å². The van der Waals surface area contributed by atoms with E-state index in [2.05, 4.69) is 11.8 Å². The zero-order valence-corrected chi connectivity index (χ0v) is 15.5. The highest BCUT2D eigenvalue weighted by atomic mass is 35.5. The van der Waals surface area contributed by atoms with E-state index in [1.165, 1.54) is 17.7 Å². The van der Waals surface area contributed by atoms with Gasteiger partial charge in [0.1, 0.15) is 5.82 Å². The molecule has 0 spiro atoms. The molecule has 3 rings (SSSR count). The maximum atomic E-state index is 13.0. The van der Waals surface area contributed by atoms with Gasteiger partial charge in [-0.05, 0) is 48.7 Å². The minimum atomic E-state index is -0.611. The molecule has 1 saturated heterocycles. The summed E-state index contributed by atoms with van der Waals surface area (Å²) in [7, 11) is 0. The largest absolute Gasteiger partial charge is 0.368 e. The van der Waals surface area contributed by atoms with Gasteiger partial charge in [-0.3, -0.25) is 4.79 Å². The molecule has 1 aliphatic rings. The van der Waals surface area contributed by atoms with Crippen LogP contribution in [-0.2, 0) is 11.2 Å². The Labute approximate surface area is 158 Å². The minimum absolute atomic E-state index is 0.0585. The molecule has 0 bridgehead atoms. The first-order valence-electron chi connectivity index (χ1n) is 8.74. The number of rotatable bonds is 4. The van der Waals surface area contributed by atoms with Gasteiger partial charge in [-0.15, -0.1) is 0 Å².